The molecular weight excluding hydrogens is 518 g/mol. The van der Waals surface area contributed by atoms with E-state index in [0.29, 0.717) is 48.2 Å². The molecule has 0 saturated carbocycles. The van der Waals surface area contributed by atoms with Gasteiger partial charge < -0.3 is 19.8 Å². The zero-order chi connectivity index (χ0) is 26.3. The summed E-state index contributed by atoms with van der Waals surface area (Å²) in [5, 5.41) is 9.56. The first-order chi connectivity index (χ1) is 17.7. The van der Waals surface area contributed by atoms with Crippen molar-refractivity contribution in [2.45, 2.75) is 38.8 Å². The summed E-state index contributed by atoms with van der Waals surface area (Å²) < 4.78 is 13.8. The van der Waals surface area contributed by atoms with Crippen LogP contribution >= 0.6 is 23.2 Å². The molecule has 0 bridgehead atoms. The average molecular weight is 545 g/mol. The molecule has 4 heterocycles. The van der Waals surface area contributed by atoms with Gasteiger partial charge in [0, 0.05) is 56.1 Å². The van der Waals surface area contributed by atoms with Crippen LogP contribution in [-0.2, 0) is 0 Å². The Morgan fingerprint density at radius 2 is 1.84 bits per heavy atom. The van der Waals surface area contributed by atoms with Crippen LogP contribution in [0.5, 0.6) is 0 Å². The van der Waals surface area contributed by atoms with Gasteiger partial charge in [-0.2, -0.15) is 4.98 Å². The summed E-state index contributed by atoms with van der Waals surface area (Å²) in [4.78, 5) is 31.9. The van der Waals surface area contributed by atoms with Crippen LogP contribution in [0.1, 0.15) is 37.0 Å². The molecule has 2 saturated heterocycles. The zero-order valence-corrected chi connectivity index (χ0v) is 22.0. The lowest BCUT2D eigenvalue weighted by Crippen LogP contribution is -2.52. The van der Waals surface area contributed by atoms with Crippen LogP contribution in [0.3, 0.4) is 0 Å². The van der Waals surface area contributed by atoms with Crippen LogP contribution < -0.4 is 14.7 Å². The van der Waals surface area contributed by atoms with Crippen molar-refractivity contribution in [2.75, 3.05) is 40.9 Å². The van der Waals surface area contributed by atoms with Crippen molar-refractivity contribution >= 4 is 46.8 Å². The first-order valence-electron chi connectivity index (χ1n) is 12.2. The molecule has 0 amide bonds. The molecule has 0 spiro atoms. The Morgan fingerprint density at radius 3 is 2.49 bits per heavy atom. The summed E-state index contributed by atoms with van der Waals surface area (Å²) in [5.41, 5.74) is 1.46. The van der Waals surface area contributed by atoms with E-state index in [1.165, 1.54) is 18.3 Å². The van der Waals surface area contributed by atoms with E-state index in [4.69, 9.17) is 33.2 Å². The van der Waals surface area contributed by atoms with E-state index in [0.717, 1.165) is 30.8 Å². The maximum Gasteiger partial charge on any atom is 0.337 e. The minimum absolute atomic E-state index is 0.0500. The summed E-state index contributed by atoms with van der Waals surface area (Å²) in [5.74, 6) is 0.466. The number of benzene rings is 1. The number of nitrogens with zero attached hydrogens (tertiary/aromatic N) is 6. The molecule has 0 unspecified atom stereocenters. The largest absolute Gasteiger partial charge is 0.478 e. The Kier molecular flexibility index (Phi) is 7.09. The molecular formula is C26H27Cl2FN6O2. The van der Waals surface area contributed by atoms with Gasteiger partial charge in [0.1, 0.15) is 17.5 Å². The van der Waals surface area contributed by atoms with E-state index in [9.17, 15) is 14.3 Å². The second-order valence-corrected chi connectivity index (χ2v) is 10.4. The fourth-order valence-electron chi connectivity index (χ4n) is 5.00. The molecule has 1 aromatic carbocycles. The molecule has 5 rings (SSSR count). The molecule has 2 fully saturated rings. The van der Waals surface area contributed by atoms with Gasteiger partial charge in [0.05, 0.1) is 21.3 Å². The Labute approximate surface area is 224 Å². The highest BCUT2D eigenvalue weighted by molar-refractivity contribution is 6.33. The van der Waals surface area contributed by atoms with Gasteiger partial charge in [-0.05, 0) is 51.0 Å². The van der Waals surface area contributed by atoms with Crippen LogP contribution in [-0.4, -0.2) is 64.3 Å². The normalized spacial score (nSPS) is 20.0. The number of aromatic nitrogens is 3. The molecule has 0 radical (unpaired) electrons. The van der Waals surface area contributed by atoms with Crippen molar-refractivity contribution in [1.29, 1.82) is 0 Å². The highest BCUT2D eigenvalue weighted by atomic mass is 35.5. The molecule has 2 aromatic heterocycles. The Bertz CT molecular complexity index is 1340. The quantitative estimate of drug-likeness (QED) is 0.457. The Hall–Kier alpha value is -3.17. The fourth-order valence-corrected chi connectivity index (χ4v) is 5.47. The predicted molar refractivity (Wildman–Crippen MR) is 144 cm³/mol. The van der Waals surface area contributed by atoms with Gasteiger partial charge in [-0.3, -0.25) is 0 Å². The van der Waals surface area contributed by atoms with Gasteiger partial charge in [0.25, 0.3) is 0 Å². The number of hydrogen-bond acceptors (Lipinski definition) is 7. The molecule has 37 heavy (non-hydrogen) atoms. The van der Waals surface area contributed by atoms with E-state index in [2.05, 4.69) is 33.5 Å². The van der Waals surface area contributed by atoms with Crippen LogP contribution in [0.2, 0.25) is 10.0 Å². The van der Waals surface area contributed by atoms with Gasteiger partial charge >= 0.3 is 5.97 Å². The van der Waals surface area contributed by atoms with Crippen molar-refractivity contribution in [2.24, 2.45) is 0 Å². The molecule has 8 nitrogen and oxygen atoms in total. The number of piperazine rings is 1. The van der Waals surface area contributed by atoms with E-state index in [1.807, 2.05) is 6.07 Å². The number of rotatable bonds is 5. The standard InChI is InChI=1S/C26H27Cl2FN6O2/c1-15-4-3-7-35(15)26-31-22(17-5-6-21(29)19(27)10-17)12-23(32-26)34-9-8-33(14-16(34)2)24-20(28)11-18(13-30-24)25(36)37/h5-6,10-13,15-16H,3-4,7-9,14H2,1-2H3,(H,36,37)/t15-,16-/m1/s1. The monoisotopic (exact) mass is 544 g/mol. The van der Waals surface area contributed by atoms with Crippen LogP contribution in [0.15, 0.2) is 36.5 Å². The molecule has 11 heteroatoms. The average Bonchev–Trinajstić information content (AvgIpc) is 3.31. The fraction of sp³-hybridized carbons (Fsp3) is 0.385. The lowest BCUT2D eigenvalue weighted by atomic mass is 10.1. The highest BCUT2D eigenvalue weighted by Gasteiger charge is 2.30. The molecule has 2 aliphatic rings. The number of carboxylic acids is 1. The second kappa shape index (κ2) is 10.3. The summed E-state index contributed by atoms with van der Waals surface area (Å²) in [7, 11) is 0. The van der Waals surface area contributed by atoms with Crippen molar-refractivity contribution < 1.29 is 14.3 Å². The van der Waals surface area contributed by atoms with E-state index < -0.39 is 11.8 Å². The van der Waals surface area contributed by atoms with Crippen molar-refractivity contribution in [3.05, 3.63) is 58.0 Å². The third kappa shape index (κ3) is 5.15. The Morgan fingerprint density at radius 1 is 1.03 bits per heavy atom. The summed E-state index contributed by atoms with van der Waals surface area (Å²) in [6, 6.07) is 8.36. The van der Waals surface area contributed by atoms with Crippen molar-refractivity contribution in [3.8, 4) is 11.3 Å². The van der Waals surface area contributed by atoms with E-state index in [-0.39, 0.29) is 16.6 Å². The van der Waals surface area contributed by atoms with E-state index >= 15 is 0 Å². The maximum absolute atomic E-state index is 13.8. The Balaban J connectivity index is 1.46. The van der Waals surface area contributed by atoms with Gasteiger partial charge in [-0.1, -0.05) is 23.2 Å². The van der Waals surface area contributed by atoms with Crippen LogP contribution in [0.25, 0.3) is 11.3 Å². The van der Waals surface area contributed by atoms with Gasteiger partial charge in [-0.25, -0.2) is 19.2 Å². The molecule has 2 aliphatic heterocycles. The van der Waals surface area contributed by atoms with Crippen LogP contribution in [0, 0.1) is 5.82 Å². The summed E-state index contributed by atoms with van der Waals surface area (Å²) >= 11 is 12.5. The number of carboxylic acid groups (broad SMARTS) is 1. The summed E-state index contributed by atoms with van der Waals surface area (Å²) in [6.07, 6.45) is 3.49. The molecule has 194 valence electrons. The minimum Gasteiger partial charge on any atom is -0.478 e. The molecule has 0 aliphatic carbocycles. The molecule has 3 aromatic rings. The molecule has 2 atom stereocenters. The topological polar surface area (TPSA) is 85.7 Å². The number of aromatic carboxylic acids is 1. The van der Waals surface area contributed by atoms with E-state index in [1.54, 1.807) is 12.1 Å². The zero-order valence-electron chi connectivity index (χ0n) is 20.5. The summed E-state index contributed by atoms with van der Waals surface area (Å²) in [6.45, 7) is 7.05. The number of anilines is 3. The van der Waals surface area contributed by atoms with Crippen LogP contribution in [0.4, 0.5) is 22.0 Å². The third-order valence-corrected chi connectivity index (χ3v) is 7.58. The van der Waals surface area contributed by atoms with Gasteiger partial charge in [-0.15, -0.1) is 0 Å². The minimum atomic E-state index is -1.07. The number of carbonyl (C=O) groups is 1. The molecule has 1 N–H and O–H groups in total. The van der Waals surface area contributed by atoms with Crippen molar-refractivity contribution in [3.63, 3.8) is 0 Å². The lowest BCUT2D eigenvalue weighted by molar-refractivity contribution is 0.0696. The number of hydrogen-bond donors (Lipinski definition) is 1. The van der Waals surface area contributed by atoms with Crippen molar-refractivity contribution in [1.82, 2.24) is 15.0 Å². The second-order valence-electron chi connectivity index (χ2n) is 9.55. The highest BCUT2D eigenvalue weighted by Crippen LogP contribution is 2.33. The lowest BCUT2D eigenvalue weighted by Gasteiger charge is -2.41. The number of halogens is 3. The first-order valence-corrected chi connectivity index (χ1v) is 13.0. The maximum atomic E-state index is 13.8. The van der Waals surface area contributed by atoms with Gasteiger partial charge in [0.2, 0.25) is 5.95 Å². The third-order valence-electron chi connectivity index (χ3n) is 7.02. The van der Waals surface area contributed by atoms with Gasteiger partial charge in [0.15, 0.2) is 0 Å². The first kappa shape index (κ1) is 25.5. The smallest absolute Gasteiger partial charge is 0.337 e. The predicted octanol–water partition coefficient (Wildman–Crippen LogP) is 5.39. The number of pyridine rings is 1. The SMILES string of the molecule is C[C@@H]1CN(c2ncc(C(=O)O)cc2Cl)CCN1c1cc(-c2ccc(F)c(Cl)c2)nc(N2CCC[C@H]2C)n1.